The van der Waals surface area contributed by atoms with Crippen LogP contribution in [-0.4, -0.2) is 40.5 Å². The molecule has 1 aliphatic rings. The lowest BCUT2D eigenvalue weighted by Gasteiger charge is -2.49. The normalized spacial score (nSPS) is 18.9. The fraction of sp³-hybridized carbons (Fsp3) is 0.667. The first kappa shape index (κ1) is 13.9. The van der Waals surface area contributed by atoms with Gasteiger partial charge < -0.3 is 0 Å². The summed E-state index contributed by atoms with van der Waals surface area (Å²) in [6.45, 7) is 2.76. The highest BCUT2D eigenvalue weighted by Crippen LogP contribution is 2.33. The molecule has 0 unspecified atom stereocenters. The number of likely N-dealkylation sites (tertiary alicyclic amines) is 1. The highest BCUT2D eigenvalue weighted by molar-refractivity contribution is 5.10. The molecule has 104 valence electrons. The molecule has 1 aliphatic heterocycles. The van der Waals surface area contributed by atoms with E-state index in [2.05, 4.69) is 11.2 Å². The van der Waals surface area contributed by atoms with Crippen LogP contribution < -0.4 is 0 Å². The van der Waals surface area contributed by atoms with Crippen molar-refractivity contribution in [3.63, 3.8) is 0 Å². The Morgan fingerprint density at radius 2 is 2.16 bits per heavy atom. The van der Waals surface area contributed by atoms with E-state index in [1.807, 2.05) is 13.1 Å². The van der Waals surface area contributed by atoms with Crippen LogP contribution in [0.3, 0.4) is 0 Å². The Morgan fingerprint density at radius 3 is 2.63 bits per heavy atom. The number of nitriles is 1. The second-order valence-corrected chi connectivity index (χ2v) is 5.10. The van der Waals surface area contributed by atoms with Gasteiger partial charge in [0.25, 0.3) is 0 Å². The molecule has 0 bridgehead atoms. The predicted octanol–water partition coefficient (Wildman–Crippen LogP) is 2.07. The van der Waals surface area contributed by atoms with E-state index < -0.39 is 18.1 Å². The van der Waals surface area contributed by atoms with Gasteiger partial charge in [0.15, 0.2) is 0 Å². The van der Waals surface area contributed by atoms with Gasteiger partial charge in [-0.15, -0.1) is 0 Å². The maximum atomic E-state index is 12.1. The van der Waals surface area contributed by atoms with Gasteiger partial charge >= 0.3 is 6.18 Å². The average molecular weight is 272 g/mol. The average Bonchev–Trinajstić information content (AvgIpc) is 2.67. The second-order valence-electron chi connectivity index (χ2n) is 5.10. The SMILES string of the molecule is Cc1cnn(C2(CC#N)CN(CCC(F)(F)F)C2)c1. The summed E-state index contributed by atoms with van der Waals surface area (Å²) in [4.78, 5) is 1.71. The summed E-state index contributed by atoms with van der Waals surface area (Å²) in [7, 11) is 0. The van der Waals surface area contributed by atoms with E-state index in [0.29, 0.717) is 13.1 Å². The third kappa shape index (κ3) is 3.07. The van der Waals surface area contributed by atoms with Gasteiger partial charge in [0.05, 0.1) is 25.1 Å². The quantitative estimate of drug-likeness (QED) is 0.843. The number of halogens is 3. The van der Waals surface area contributed by atoms with Crippen LogP contribution in [0.5, 0.6) is 0 Å². The summed E-state index contributed by atoms with van der Waals surface area (Å²) in [6.07, 6.45) is -1.16. The van der Waals surface area contributed by atoms with Gasteiger partial charge in [-0.2, -0.15) is 23.5 Å². The van der Waals surface area contributed by atoms with Crippen LogP contribution in [0, 0.1) is 18.3 Å². The van der Waals surface area contributed by atoms with E-state index in [1.54, 1.807) is 15.8 Å². The Bertz CT molecular complexity index is 480. The van der Waals surface area contributed by atoms with Crippen LogP contribution in [0.25, 0.3) is 0 Å². The Morgan fingerprint density at radius 1 is 1.47 bits per heavy atom. The first-order valence-electron chi connectivity index (χ1n) is 6.02. The van der Waals surface area contributed by atoms with Crippen LogP contribution in [-0.2, 0) is 5.54 Å². The topological polar surface area (TPSA) is 44.9 Å². The summed E-state index contributed by atoms with van der Waals surface area (Å²) in [5.41, 5.74) is 0.514. The molecule has 4 nitrogen and oxygen atoms in total. The van der Waals surface area contributed by atoms with Crippen molar-refractivity contribution in [1.29, 1.82) is 5.26 Å². The van der Waals surface area contributed by atoms with Crippen molar-refractivity contribution >= 4 is 0 Å². The number of alkyl halides is 3. The largest absolute Gasteiger partial charge is 0.390 e. The van der Waals surface area contributed by atoms with Crippen LogP contribution in [0.4, 0.5) is 13.2 Å². The van der Waals surface area contributed by atoms with E-state index in [0.717, 1.165) is 5.56 Å². The maximum absolute atomic E-state index is 12.1. The zero-order valence-corrected chi connectivity index (χ0v) is 10.6. The standard InChI is InChI=1S/C12H15F3N4/c1-10-6-17-19(7-10)11(2-4-16)8-18(9-11)5-3-12(13,14)15/h6-7H,2-3,5,8-9H2,1H3. The number of hydrogen-bond acceptors (Lipinski definition) is 3. The molecule has 0 amide bonds. The van der Waals surface area contributed by atoms with E-state index in [4.69, 9.17) is 5.26 Å². The molecular formula is C12H15F3N4. The molecule has 1 aromatic rings. The molecule has 0 N–H and O–H groups in total. The Labute approximate surface area is 109 Å². The summed E-state index contributed by atoms with van der Waals surface area (Å²) >= 11 is 0. The molecule has 1 saturated heterocycles. The number of rotatable bonds is 4. The molecule has 0 aliphatic carbocycles. The minimum atomic E-state index is -4.13. The van der Waals surface area contributed by atoms with Crippen molar-refractivity contribution in [2.75, 3.05) is 19.6 Å². The third-order valence-corrected chi connectivity index (χ3v) is 3.35. The zero-order chi connectivity index (χ0) is 14.1. The summed E-state index contributed by atoms with van der Waals surface area (Å²) < 4.78 is 38.2. The lowest BCUT2D eigenvalue weighted by molar-refractivity contribution is -0.144. The van der Waals surface area contributed by atoms with Gasteiger partial charge in [-0.05, 0) is 12.5 Å². The molecule has 19 heavy (non-hydrogen) atoms. The van der Waals surface area contributed by atoms with Gasteiger partial charge in [0.1, 0.15) is 5.54 Å². The smallest absolute Gasteiger partial charge is 0.298 e. The molecule has 1 aromatic heterocycles. The van der Waals surface area contributed by atoms with Gasteiger partial charge in [0, 0.05) is 25.8 Å². The first-order chi connectivity index (χ1) is 8.85. The molecule has 0 spiro atoms. The van der Waals surface area contributed by atoms with Crippen LogP contribution in [0.1, 0.15) is 18.4 Å². The minimum Gasteiger partial charge on any atom is -0.298 e. The van der Waals surface area contributed by atoms with Crippen molar-refractivity contribution in [2.24, 2.45) is 0 Å². The summed E-state index contributed by atoms with van der Waals surface area (Å²) in [5.74, 6) is 0. The third-order valence-electron chi connectivity index (χ3n) is 3.35. The maximum Gasteiger partial charge on any atom is 0.390 e. The van der Waals surface area contributed by atoms with Crippen molar-refractivity contribution < 1.29 is 13.2 Å². The summed E-state index contributed by atoms with van der Waals surface area (Å²) in [6, 6.07) is 2.10. The van der Waals surface area contributed by atoms with E-state index in [1.165, 1.54) is 0 Å². The molecular weight excluding hydrogens is 257 g/mol. The summed E-state index contributed by atoms with van der Waals surface area (Å²) in [5, 5.41) is 13.1. The van der Waals surface area contributed by atoms with Crippen molar-refractivity contribution in [1.82, 2.24) is 14.7 Å². The monoisotopic (exact) mass is 272 g/mol. The molecule has 0 saturated carbocycles. The van der Waals surface area contributed by atoms with Crippen molar-refractivity contribution in [3.05, 3.63) is 18.0 Å². The van der Waals surface area contributed by atoms with Crippen LogP contribution >= 0.6 is 0 Å². The molecule has 0 aromatic carbocycles. The Balaban J connectivity index is 1.97. The predicted molar refractivity (Wildman–Crippen MR) is 62.3 cm³/mol. The number of nitrogens with zero attached hydrogens (tertiary/aromatic N) is 4. The van der Waals surface area contributed by atoms with Crippen LogP contribution in [0.2, 0.25) is 0 Å². The van der Waals surface area contributed by atoms with Gasteiger partial charge in [-0.25, -0.2) is 0 Å². The molecule has 7 heteroatoms. The fourth-order valence-corrected chi connectivity index (χ4v) is 2.39. The van der Waals surface area contributed by atoms with Crippen LogP contribution in [0.15, 0.2) is 12.4 Å². The molecule has 2 heterocycles. The minimum absolute atomic E-state index is 0.0169. The first-order valence-corrected chi connectivity index (χ1v) is 6.02. The number of aryl methyl sites for hydroxylation is 1. The second kappa shape index (κ2) is 4.85. The van der Waals surface area contributed by atoms with E-state index in [-0.39, 0.29) is 13.0 Å². The molecule has 1 fully saturated rings. The van der Waals surface area contributed by atoms with Gasteiger partial charge in [-0.3, -0.25) is 9.58 Å². The van der Waals surface area contributed by atoms with E-state index >= 15 is 0 Å². The highest BCUT2D eigenvalue weighted by Gasteiger charge is 2.46. The Hall–Kier alpha value is -1.55. The lowest BCUT2D eigenvalue weighted by atomic mass is 9.86. The molecule has 0 atom stereocenters. The lowest BCUT2D eigenvalue weighted by Crippen LogP contribution is -2.63. The zero-order valence-electron chi connectivity index (χ0n) is 10.6. The van der Waals surface area contributed by atoms with Gasteiger partial charge in [-0.1, -0.05) is 0 Å². The number of aromatic nitrogens is 2. The molecule has 0 radical (unpaired) electrons. The Kier molecular flexibility index (Phi) is 3.54. The van der Waals surface area contributed by atoms with Crippen molar-refractivity contribution in [2.45, 2.75) is 31.5 Å². The van der Waals surface area contributed by atoms with Gasteiger partial charge in [0.2, 0.25) is 0 Å². The molecule has 2 rings (SSSR count). The fourth-order valence-electron chi connectivity index (χ4n) is 2.39. The number of hydrogen-bond donors (Lipinski definition) is 0. The highest BCUT2D eigenvalue weighted by atomic mass is 19.4. The van der Waals surface area contributed by atoms with Crippen molar-refractivity contribution in [3.8, 4) is 6.07 Å². The van der Waals surface area contributed by atoms with E-state index in [9.17, 15) is 13.2 Å².